The van der Waals surface area contributed by atoms with Crippen LogP contribution < -0.4 is 15.4 Å². The molecule has 0 unspecified atom stereocenters. The van der Waals surface area contributed by atoms with Crippen LogP contribution in [0.15, 0.2) is 60.9 Å². The molecule has 5 rings (SSSR count). The van der Waals surface area contributed by atoms with E-state index in [4.69, 9.17) is 21.3 Å². The Labute approximate surface area is 208 Å². The number of nitrogens with one attached hydrogen (secondary N) is 2. The molecule has 1 fully saturated rings. The van der Waals surface area contributed by atoms with Gasteiger partial charge in [0.05, 0.1) is 24.4 Å². The second-order valence-corrected chi connectivity index (χ2v) is 9.09. The number of fused-ring (bicyclic) bond motifs is 1. The van der Waals surface area contributed by atoms with E-state index in [0.29, 0.717) is 27.6 Å². The number of ether oxygens (including phenoxy) is 1. The number of aliphatic hydroxyl groups excluding tert-OH is 1. The maximum atomic E-state index is 12.6. The quantitative estimate of drug-likeness (QED) is 0.375. The van der Waals surface area contributed by atoms with Crippen LogP contribution in [0.4, 0.5) is 0 Å². The topological polar surface area (TPSA) is 87.9 Å². The third-order valence-electron chi connectivity index (χ3n) is 6.44. The molecule has 3 heterocycles. The van der Waals surface area contributed by atoms with Crippen molar-refractivity contribution in [1.29, 1.82) is 0 Å². The number of aromatic nitrogens is 2. The number of aliphatic hydroxyl groups is 1. The fraction of sp³-hybridized carbons (Fsp3) is 0.259. The van der Waals surface area contributed by atoms with Gasteiger partial charge in [0.15, 0.2) is 0 Å². The molecule has 2 aromatic heterocycles. The number of hydrogen-bond acceptors (Lipinski definition) is 5. The van der Waals surface area contributed by atoms with Crippen LogP contribution in [0.1, 0.15) is 28.8 Å². The molecule has 0 atom stereocenters. The first-order valence-electron chi connectivity index (χ1n) is 11.6. The molecule has 0 aliphatic carbocycles. The van der Waals surface area contributed by atoms with Gasteiger partial charge in [-0.25, -0.2) is 4.98 Å². The highest BCUT2D eigenvalue weighted by atomic mass is 35.5. The number of methoxy groups -OCH3 is 1. The standard InChI is InChI=1S/C27H27ClN4O3/c1-35-25-12-20(16-33)22(14-23(25)28)24-15-32-11-8-19(13-26(32)31-24)17-2-4-18(5-3-17)27(34)30-21-6-9-29-10-7-21/h2-5,8,11-15,21,29,33H,6-7,9-10,16H2,1H3,(H,30,34). The van der Waals surface area contributed by atoms with E-state index in [1.165, 1.54) is 0 Å². The summed E-state index contributed by atoms with van der Waals surface area (Å²) >= 11 is 6.33. The van der Waals surface area contributed by atoms with Gasteiger partial charge >= 0.3 is 0 Å². The number of carbonyl (C=O) groups is 1. The number of carbonyl (C=O) groups excluding carboxylic acids is 1. The summed E-state index contributed by atoms with van der Waals surface area (Å²) in [4.78, 5) is 17.4. The maximum absolute atomic E-state index is 12.6. The summed E-state index contributed by atoms with van der Waals surface area (Å²) in [7, 11) is 1.54. The fourth-order valence-electron chi connectivity index (χ4n) is 4.46. The zero-order chi connectivity index (χ0) is 24.4. The van der Waals surface area contributed by atoms with Gasteiger partial charge in [-0.3, -0.25) is 4.79 Å². The molecule has 3 N–H and O–H groups in total. The molecule has 8 heteroatoms. The molecule has 0 saturated carbocycles. The van der Waals surface area contributed by atoms with Gasteiger partial charge in [-0.05, 0) is 79.0 Å². The van der Waals surface area contributed by atoms with Crippen LogP contribution >= 0.6 is 11.6 Å². The van der Waals surface area contributed by atoms with Crippen molar-refractivity contribution in [3.05, 3.63) is 77.1 Å². The van der Waals surface area contributed by atoms with Crippen LogP contribution in [0.25, 0.3) is 28.0 Å². The summed E-state index contributed by atoms with van der Waals surface area (Å²) in [6.45, 7) is 1.73. The molecule has 0 radical (unpaired) electrons. The minimum absolute atomic E-state index is 0.0327. The lowest BCUT2D eigenvalue weighted by Gasteiger charge is -2.23. The predicted molar refractivity (Wildman–Crippen MR) is 137 cm³/mol. The minimum Gasteiger partial charge on any atom is -0.495 e. The van der Waals surface area contributed by atoms with E-state index in [-0.39, 0.29) is 18.6 Å². The van der Waals surface area contributed by atoms with Crippen LogP contribution in [0, 0.1) is 0 Å². The van der Waals surface area contributed by atoms with Crippen molar-refractivity contribution in [3.8, 4) is 28.1 Å². The van der Waals surface area contributed by atoms with Gasteiger partial charge in [0.1, 0.15) is 11.4 Å². The van der Waals surface area contributed by atoms with Crippen molar-refractivity contribution in [1.82, 2.24) is 20.0 Å². The van der Waals surface area contributed by atoms with Gasteiger partial charge in [0.2, 0.25) is 0 Å². The molecule has 35 heavy (non-hydrogen) atoms. The smallest absolute Gasteiger partial charge is 0.251 e. The van der Waals surface area contributed by atoms with Crippen LogP contribution in [0.2, 0.25) is 5.02 Å². The lowest BCUT2D eigenvalue weighted by molar-refractivity contribution is 0.0929. The van der Waals surface area contributed by atoms with E-state index in [1.807, 2.05) is 53.2 Å². The Hall–Kier alpha value is -3.39. The minimum atomic E-state index is -0.153. The SMILES string of the molecule is COc1cc(CO)c(-c2cn3ccc(-c4ccc(C(=O)NC5CCNCC5)cc4)cc3n2)cc1Cl. The second kappa shape index (κ2) is 10.1. The van der Waals surface area contributed by atoms with Crippen LogP contribution in [-0.2, 0) is 6.61 Å². The Morgan fingerprint density at radius 2 is 1.94 bits per heavy atom. The molecule has 1 aliphatic heterocycles. The zero-order valence-corrected chi connectivity index (χ0v) is 20.2. The molecule has 1 amide bonds. The average molecular weight is 491 g/mol. The lowest BCUT2D eigenvalue weighted by Crippen LogP contribution is -2.42. The fourth-order valence-corrected chi connectivity index (χ4v) is 4.70. The van der Waals surface area contributed by atoms with Gasteiger partial charge in [-0.1, -0.05) is 23.7 Å². The molecule has 180 valence electrons. The molecule has 0 spiro atoms. The van der Waals surface area contributed by atoms with E-state index >= 15 is 0 Å². The third-order valence-corrected chi connectivity index (χ3v) is 6.73. The lowest BCUT2D eigenvalue weighted by atomic mass is 10.0. The van der Waals surface area contributed by atoms with Crippen molar-refractivity contribution in [2.45, 2.75) is 25.5 Å². The van der Waals surface area contributed by atoms with Crippen molar-refractivity contribution >= 4 is 23.2 Å². The van der Waals surface area contributed by atoms with Gasteiger partial charge in [0.25, 0.3) is 5.91 Å². The molecule has 0 bridgehead atoms. The van der Waals surface area contributed by atoms with Crippen molar-refractivity contribution in [2.24, 2.45) is 0 Å². The summed E-state index contributed by atoms with van der Waals surface area (Å²) < 4.78 is 7.20. The zero-order valence-electron chi connectivity index (χ0n) is 19.4. The number of amides is 1. The third kappa shape index (κ3) is 4.89. The second-order valence-electron chi connectivity index (χ2n) is 8.68. The summed E-state index contributed by atoms with van der Waals surface area (Å²) in [5.41, 5.74) is 5.57. The Morgan fingerprint density at radius 1 is 1.17 bits per heavy atom. The number of benzene rings is 2. The number of piperidine rings is 1. The summed E-state index contributed by atoms with van der Waals surface area (Å²) in [5.74, 6) is 0.480. The van der Waals surface area contributed by atoms with E-state index in [9.17, 15) is 9.90 Å². The van der Waals surface area contributed by atoms with E-state index in [1.54, 1.807) is 19.2 Å². The Bertz CT molecular complexity index is 1360. The number of hydrogen-bond donors (Lipinski definition) is 3. The van der Waals surface area contributed by atoms with Crippen LogP contribution in [0.5, 0.6) is 5.75 Å². The summed E-state index contributed by atoms with van der Waals surface area (Å²) in [5, 5.41) is 16.7. The predicted octanol–water partition coefficient (Wildman–Crippen LogP) is 4.30. The molecular weight excluding hydrogens is 464 g/mol. The van der Waals surface area contributed by atoms with E-state index in [2.05, 4.69) is 10.6 Å². The highest BCUT2D eigenvalue weighted by Crippen LogP contribution is 2.34. The first-order valence-corrected chi connectivity index (χ1v) is 12.0. The van der Waals surface area contributed by atoms with Gasteiger partial charge in [-0.2, -0.15) is 0 Å². The van der Waals surface area contributed by atoms with Gasteiger partial charge < -0.3 is 24.9 Å². The molecule has 4 aromatic rings. The average Bonchev–Trinajstić information content (AvgIpc) is 3.32. The van der Waals surface area contributed by atoms with Crippen molar-refractivity contribution in [2.75, 3.05) is 20.2 Å². The first kappa shape index (κ1) is 23.4. The largest absolute Gasteiger partial charge is 0.495 e. The number of halogens is 1. The summed E-state index contributed by atoms with van der Waals surface area (Å²) in [6.07, 6.45) is 5.77. The Kier molecular flexibility index (Phi) is 6.72. The van der Waals surface area contributed by atoms with E-state index < -0.39 is 0 Å². The summed E-state index contributed by atoms with van der Waals surface area (Å²) in [6, 6.07) is 15.4. The van der Waals surface area contributed by atoms with Crippen molar-refractivity contribution < 1.29 is 14.6 Å². The normalized spacial score (nSPS) is 14.3. The highest BCUT2D eigenvalue weighted by molar-refractivity contribution is 6.32. The molecule has 2 aromatic carbocycles. The number of rotatable bonds is 6. The molecule has 1 saturated heterocycles. The molecular formula is C27H27ClN4O3. The van der Waals surface area contributed by atoms with E-state index in [0.717, 1.165) is 48.3 Å². The van der Waals surface area contributed by atoms with Gasteiger partial charge in [0, 0.05) is 29.6 Å². The van der Waals surface area contributed by atoms with Gasteiger partial charge in [-0.15, -0.1) is 0 Å². The van der Waals surface area contributed by atoms with Crippen LogP contribution in [-0.4, -0.2) is 46.6 Å². The first-order chi connectivity index (χ1) is 17.1. The number of pyridine rings is 1. The number of nitrogens with zero attached hydrogens (tertiary/aromatic N) is 2. The highest BCUT2D eigenvalue weighted by Gasteiger charge is 2.17. The maximum Gasteiger partial charge on any atom is 0.251 e. The molecule has 7 nitrogen and oxygen atoms in total. The van der Waals surface area contributed by atoms with Crippen molar-refractivity contribution in [3.63, 3.8) is 0 Å². The Morgan fingerprint density at radius 3 is 2.66 bits per heavy atom. The Balaban J connectivity index is 1.39. The number of imidazole rings is 1. The van der Waals surface area contributed by atoms with Crippen LogP contribution in [0.3, 0.4) is 0 Å². The molecule has 1 aliphatic rings. The monoisotopic (exact) mass is 490 g/mol.